The van der Waals surface area contributed by atoms with Crippen LogP contribution in [-0.4, -0.2) is 49.4 Å². The molecule has 1 aliphatic carbocycles. The monoisotopic (exact) mass is 695 g/mol. The highest BCUT2D eigenvalue weighted by atomic mass is 19.4. The fourth-order valence-electron chi connectivity index (χ4n) is 7.60. The van der Waals surface area contributed by atoms with Gasteiger partial charge in [0.2, 0.25) is 5.91 Å². The Kier molecular flexibility index (Phi) is 10.2. The van der Waals surface area contributed by atoms with Crippen molar-refractivity contribution in [3.8, 4) is 28.8 Å². The van der Waals surface area contributed by atoms with Crippen molar-refractivity contribution in [3.63, 3.8) is 0 Å². The number of carbonyl (C=O) groups is 1. The van der Waals surface area contributed by atoms with Crippen LogP contribution in [0.25, 0.3) is 22.8 Å². The van der Waals surface area contributed by atoms with Crippen molar-refractivity contribution in [2.24, 2.45) is 5.92 Å². The van der Waals surface area contributed by atoms with Gasteiger partial charge >= 0.3 is 11.9 Å². The molecule has 5 aromatic rings. The number of quaternary nitrogens is 1. The Hall–Kier alpha value is -5.21. The number of nitriles is 1. The summed E-state index contributed by atoms with van der Waals surface area (Å²) in [6.45, 7) is 2.60. The Balaban J connectivity index is 1.24. The van der Waals surface area contributed by atoms with Gasteiger partial charge in [0.1, 0.15) is 6.54 Å². The number of benzene rings is 3. The van der Waals surface area contributed by atoms with E-state index in [9.17, 15) is 28.0 Å². The van der Waals surface area contributed by atoms with Crippen LogP contribution in [0.4, 0.5) is 13.2 Å². The van der Waals surface area contributed by atoms with E-state index in [1.54, 1.807) is 41.9 Å². The molecule has 1 aliphatic rings. The Labute approximate surface area is 295 Å². The van der Waals surface area contributed by atoms with Gasteiger partial charge in [0.25, 0.3) is 0 Å². The van der Waals surface area contributed by atoms with Gasteiger partial charge in [-0.15, -0.1) is 0 Å². The zero-order chi connectivity index (χ0) is 36.3. The van der Waals surface area contributed by atoms with Gasteiger partial charge in [-0.2, -0.15) is 23.5 Å². The highest BCUT2D eigenvalue weighted by molar-refractivity contribution is 5.84. The van der Waals surface area contributed by atoms with Gasteiger partial charge in [-0.1, -0.05) is 36.4 Å². The average molecular weight is 696 g/mol. The van der Waals surface area contributed by atoms with E-state index >= 15 is 0 Å². The van der Waals surface area contributed by atoms with Gasteiger partial charge in [-0.05, 0) is 99.9 Å². The molecule has 0 unspecified atom stereocenters. The molecule has 6 rings (SSSR count). The van der Waals surface area contributed by atoms with Crippen LogP contribution in [0, 0.1) is 24.2 Å². The van der Waals surface area contributed by atoms with Crippen LogP contribution in [0.1, 0.15) is 72.1 Å². The van der Waals surface area contributed by atoms with Crippen LogP contribution >= 0.6 is 0 Å². The summed E-state index contributed by atoms with van der Waals surface area (Å²) in [5.41, 5.74) is 1.72. The quantitative estimate of drug-likeness (QED) is 0.138. The maximum Gasteiger partial charge on any atom is 0.416 e. The lowest BCUT2D eigenvalue weighted by Gasteiger charge is -2.42. The third-order valence-electron chi connectivity index (χ3n) is 10.3. The predicted octanol–water partition coefficient (Wildman–Crippen LogP) is 8.34. The molecule has 0 saturated heterocycles. The first-order chi connectivity index (χ1) is 24.4. The molecule has 1 saturated carbocycles. The van der Waals surface area contributed by atoms with Crippen LogP contribution in [0.2, 0.25) is 0 Å². The molecule has 0 amide bonds. The first-order valence-electron chi connectivity index (χ1n) is 17.3. The molecule has 3 aromatic carbocycles. The van der Waals surface area contributed by atoms with Crippen LogP contribution in [0.5, 0.6) is 0 Å². The number of nitrogens with zero attached hydrogens (tertiary/aromatic N) is 6. The lowest BCUT2D eigenvalue weighted by atomic mass is 9.82. The Bertz CT molecular complexity index is 2090. The number of halogens is 3. The van der Waals surface area contributed by atoms with E-state index in [0.717, 1.165) is 64.4 Å². The highest BCUT2D eigenvalue weighted by Crippen LogP contribution is 2.35. The van der Waals surface area contributed by atoms with Gasteiger partial charge in [-0.3, -0.25) is 9.36 Å². The summed E-state index contributed by atoms with van der Waals surface area (Å²) < 4.78 is 45.8. The molecule has 0 bridgehead atoms. The number of imidazole rings is 1. The summed E-state index contributed by atoms with van der Waals surface area (Å²) in [5, 5.41) is 13.7. The van der Waals surface area contributed by atoms with E-state index in [0.29, 0.717) is 41.0 Å². The standard InChI is InChI=1S/C40H42F3N6O2/c1-28-38(36-23-24-45-48(36)33-19-15-30(26-44)16-20-33)47(39(51)46(28)34-13-8-12-32(25-34)40(41,42)43)37(50)14-7-11-29-17-21-35(22-18-29)49(2,3)27-31-9-5-4-6-10-31/h4-6,8-10,12-13,15-16,19-20,23-25,29,35H,7,11,14,17-18,21-22,27H2,1-3H3/q+1. The number of hydrogen-bond donors (Lipinski definition) is 0. The van der Waals surface area contributed by atoms with Crippen LogP contribution in [-0.2, 0) is 12.7 Å². The number of alkyl halides is 3. The average Bonchev–Trinajstić information content (AvgIpc) is 3.70. The van der Waals surface area contributed by atoms with E-state index in [-0.39, 0.29) is 17.8 Å². The Morgan fingerprint density at radius 2 is 1.65 bits per heavy atom. The summed E-state index contributed by atoms with van der Waals surface area (Å²) in [4.78, 5) is 28.2. The molecule has 0 aliphatic heterocycles. The van der Waals surface area contributed by atoms with Gasteiger partial charge in [0, 0.05) is 12.0 Å². The first-order valence-corrected chi connectivity index (χ1v) is 17.3. The van der Waals surface area contributed by atoms with Crippen molar-refractivity contribution >= 4 is 5.91 Å². The summed E-state index contributed by atoms with van der Waals surface area (Å²) in [5.74, 6) is 0.0574. The SMILES string of the molecule is Cc1c(-c2ccnn2-c2ccc(C#N)cc2)n(C(=O)CCCC2CCC([N+](C)(C)Cc3ccccc3)CC2)c(=O)n1-c1cccc(C(F)(F)F)c1. The Morgan fingerprint density at radius 1 is 0.941 bits per heavy atom. The van der Waals surface area contributed by atoms with E-state index < -0.39 is 23.3 Å². The molecule has 11 heteroatoms. The number of hydrogen-bond acceptors (Lipinski definition) is 4. The van der Waals surface area contributed by atoms with Crippen molar-refractivity contribution in [1.82, 2.24) is 18.9 Å². The summed E-state index contributed by atoms with van der Waals surface area (Å²) >= 11 is 0. The molecule has 264 valence electrons. The van der Waals surface area contributed by atoms with Gasteiger partial charge in [0.15, 0.2) is 0 Å². The maximum absolute atomic E-state index is 14.1. The third-order valence-corrected chi connectivity index (χ3v) is 10.3. The van der Waals surface area contributed by atoms with Gasteiger partial charge in [-0.25, -0.2) is 14.0 Å². The largest absolute Gasteiger partial charge is 0.416 e. The van der Waals surface area contributed by atoms with Crippen LogP contribution in [0.15, 0.2) is 95.9 Å². The predicted molar refractivity (Wildman–Crippen MR) is 190 cm³/mol. The number of aromatic nitrogens is 4. The summed E-state index contributed by atoms with van der Waals surface area (Å²) in [6.07, 6.45) is 2.85. The second kappa shape index (κ2) is 14.6. The molecule has 0 atom stereocenters. The maximum atomic E-state index is 14.1. The molecule has 2 heterocycles. The molecule has 1 fully saturated rings. The fourth-order valence-corrected chi connectivity index (χ4v) is 7.60. The van der Waals surface area contributed by atoms with Crippen molar-refractivity contribution in [2.75, 3.05) is 14.1 Å². The molecular weight excluding hydrogens is 653 g/mol. The fraction of sp³-hybridized carbons (Fsp3) is 0.350. The van der Waals surface area contributed by atoms with Crippen molar-refractivity contribution in [1.29, 1.82) is 5.26 Å². The second-order valence-electron chi connectivity index (χ2n) is 14.1. The van der Waals surface area contributed by atoms with Crippen molar-refractivity contribution in [3.05, 3.63) is 124 Å². The van der Waals surface area contributed by atoms with E-state index in [2.05, 4.69) is 49.5 Å². The van der Waals surface area contributed by atoms with E-state index in [1.807, 2.05) is 6.07 Å². The smallest absolute Gasteiger partial charge is 0.322 e. The van der Waals surface area contributed by atoms with Gasteiger partial charge in [0.05, 0.1) is 72.0 Å². The normalized spacial score (nSPS) is 16.6. The van der Waals surface area contributed by atoms with Gasteiger partial charge < -0.3 is 4.48 Å². The van der Waals surface area contributed by atoms with Crippen molar-refractivity contribution in [2.45, 2.75) is 70.6 Å². The lowest BCUT2D eigenvalue weighted by molar-refractivity contribution is -0.929. The molecule has 0 spiro atoms. The summed E-state index contributed by atoms with van der Waals surface area (Å²) in [7, 11) is 4.60. The zero-order valence-electron chi connectivity index (χ0n) is 29.1. The minimum absolute atomic E-state index is 0.00918. The summed E-state index contributed by atoms with van der Waals surface area (Å²) in [6, 6.07) is 26.1. The van der Waals surface area contributed by atoms with Crippen molar-refractivity contribution < 1.29 is 22.4 Å². The Morgan fingerprint density at radius 3 is 2.31 bits per heavy atom. The van der Waals surface area contributed by atoms with E-state index in [1.165, 1.54) is 23.9 Å². The molecule has 51 heavy (non-hydrogen) atoms. The van der Waals surface area contributed by atoms with Crippen LogP contribution in [0.3, 0.4) is 0 Å². The lowest BCUT2D eigenvalue weighted by Crippen LogP contribution is -2.49. The minimum atomic E-state index is -4.61. The number of carbonyl (C=O) groups excluding carboxylic acids is 1. The molecule has 0 radical (unpaired) electrons. The molecule has 8 nitrogen and oxygen atoms in total. The van der Waals surface area contributed by atoms with Crippen LogP contribution < -0.4 is 5.69 Å². The third kappa shape index (κ3) is 7.61. The first kappa shape index (κ1) is 35.6. The topological polar surface area (TPSA) is 85.6 Å². The highest BCUT2D eigenvalue weighted by Gasteiger charge is 2.34. The molecular formula is C40H42F3N6O2+. The zero-order valence-corrected chi connectivity index (χ0v) is 29.1. The minimum Gasteiger partial charge on any atom is -0.322 e. The number of rotatable bonds is 10. The molecule has 0 N–H and O–H groups in total. The molecule has 2 aromatic heterocycles. The van der Waals surface area contributed by atoms with E-state index in [4.69, 9.17) is 0 Å². The second-order valence-corrected chi connectivity index (χ2v) is 14.1.